The summed E-state index contributed by atoms with van der Waals surface area (Å²) in [5.74, 6) is -0.721. The number of para-hydroxylation sites is 1. The number of aromatic amines is 1. The van der Waals surface area contributed by atoms with Crippen molar-refractivity contribution >= 4 is 28.8 Å². The topological polar surface area (TPSA) is 126 Å². The van der Waals surface area contributed by atoms with E-state index in [2.05, 4.69) is 15.6 Å². The fourth-order valence-corrected chi connectivity index (χ4v) is 4.42. The van der Waals surface area contributed by atoms with Crippen LogP contribution in [0.1, 0.15) is 34.7 Å². The number of benzene rings is 2. The number of fused-ring (bicyclic) bond motifs is 2. The van der Waals surface area contributed by atoms with Gasteiger partial charge in [0.05, 0.1) is 12.6 Å². The first-order valence-corrected chi connectivity index (χ1v) is 11.0. The molecule has 0 spiro atoms. The van der Waals surface area contributed by atoms with Gasteiger partial charge in [-0.25, -0.2) is 5.48 Å². The number of H-pyrrole nitrogens is 1. The van der Waals surface area contributed by atoms with Crippen molar-refractivity contribution in [1.82, 2.24) is 21.1 Å². The molecule has 6 N–H and O–H groups in total. The van der Waals surface area contributed by atoms with Crippen LogP contribution < -0.4 is 16.1 Å². The minimum absolute atomic E-state index is 0.0221. The number of carbonyl (C=O) groups is 2. The van der Waals surface area contributed by atoms with Gasteiger partial charge in [0.15, 0.2) is 0 Å². The molecule has 2 unspecified atom stereocenters. The van der Waals surface area contributed by atoms with Crippen LogP contribution >= 0.6 is 0 Å². The Labute approximate surface area is 191 Å². The van der Waals surface area contributed by atoms with E-state index in [4.69, 9.17) is 10.3 Å². The van der Waals surface area contributed by atoms with Crippen molar-refractivity contribution in [3.8, 4) is 0 Å². The Hall–Kier alpha value is -3.46. The van der Waals surface area contributed by atoms with Crippen LogP contribution in [0, 0.1) is 0 Å². The van der Waals surface area contributed by atoms with Crippen molar-refractivity contribution in [2.45, 2.75) is 31.3 Å². The number of carbonyl (C=O) groups excluding carboxylic acids is 2. The Morgan fingerprint density at radius 1 is 1.21 bits per heavy atom. The number of hydroxylamine groups is 1. The van der Waals surface area contributed by atoms with Crippen molar-refractivity contribution < 1.29 is 19.9 Å². The molecule has 2 atom stereocenters. The minimum Gasteiger partial charge on any atom is -0.395 e. The highest BCUT2D eigenvalue weighted by Gasteiger charge is 2.28. The lowest BCUT2D eigenvalue weighted by Crippen LogP contribution is -2.47. The van der Waals surface area contributed by atoms with Crippen LogP contribution in [0.5, 0.6) is 0 Å². The predicted molar refractivity (Wildman–Crippen MR) is 125 cm³/mol. The van der Waals surface area contributed by atoms with Gasteiger partial charge in [0.1, 0.15) is 0 Å². The van der Waals surface area contributed by atoms with Crippen LogP contribution in [0.15, 0.2) is 54.7 Å². The second kappa shape index (κ2) is 10.4. The Bertz CT molecular complexity index is 1170. The third kappa shape index (κ3) is 5.31. The first kappa shape index (κ1) is 22.7. The number of hydrogen-bond donors (Lipinski definition) is 6. The highest BCUT2D eigenvalue weighted by atomic mass is 16.5. The van der Waals surface area contributed by atoms with E-state index < -0.39 is 11.9 Å². The number of aliphatic hydroxyl groups excluding tert-OH is 1. The highest BCUT2D eigenvalue weighted by molar-refractivity contribution is 5.91. The van der Waals surface area contributed by atoms with Crippen molar-refractivity contribution in [2.24, 2.45) is 0 Å². The fourth-order valence-electron chi connectivity index (χ4n) is 4.42. The number of rotatable bonds is 9. The molecule has 1 aliphatic carbocycles. The summed E-state index contributed by atoms with van der Waals surface area (Å²) in [5, 5.41) is 25.2. The van der Waals surface area contributed by atoms with Gasteiger partial charge in [0.2, 0.25) is 5.91 Å². The van der Waals surface area contributed by atoms with Crippen molar-refractivity contribution in [3.05, 3.63) is 77.0 Å². The Morgan fingerprint density at radius 2 is 2.06 bits per heavy atom. The second-order valence-corrected chi connectivity index (χ2v) is 8.16. The van der Waals surface area contributed by atoms with E-state index in [1.807, 2.05) is 48.7 Å². The maximum absolute atomic E-state index is 12.9. The summed E-state index contributed by atoms with van der Waals surface area (Å²) < 4.78 is 0. The summed E-state index contributed by atoms with van der Waals surface area (Å²) in [4.78, 5) is 27.4. The Morgan fingerprint density at radius 3 is 2.88 bits per heavy atom. The first-order chi connectivity index (χ1) is 16.1. The summed E-state index contributed by atoms with van der Waals surface area (Å²) in [5.41, 5.74) is 6.84. The highest BCUT2D eigenvalue weighted by Crippen LogP contribution is 2.33. The maximum atomic E-state index is 12.9. The molecule has 2 aromatic carbocycles. The molecular formula is C25H28N4O4. The lowest BCUT2D eigenvalue weighted by molar-refractivity contribution is -0.124. The fraction of sp³-hybridized carbons (Fsp3) is 0.280. The molecule has 0 radical (unpaired) electrons. The van der Waals surface area contributed by atoms with Crippen LogP contribution in [0.2, 0.25) is 0 Å². The van der Waals surface area contributed by atoms with Gasteiger partial charge in [-0.15, -0.1) is 0 Å². The van der Waals surface area contributed by atoms with E-state index >= 15 is 0 Å². The lowest BCUT2D eigenvalue weighted by atomic mass is 10.0. The van der Waals surface area contributed by atoms with Crippen LogP contribution in [0.3, 0.4) is 0 Å². The molecule has 1 aromatic heterocycles. The maximum Gasteiger partial charge on any atom is 0.267 e. The Balaban J connectivity index is 1.53. The van der Waals surface area contributed by atoms with Gasteiger partial charge in [0.25, 0.3) is 5.91 Å². The zero-order chi connectivity index (χ0) is 23.2. The lowest BCUT2D eigenvalue weighted by Gasteiger charge is -2.23. The van der Waals surface area contributed by atoms with Gasteiger partial charge in [-0.1, -0.05) is 36.4 Å². The van der Waals surface area contributed by atoms with Gasteiger partial charge >= 0.3 is 0 Å². The zero-order valence-electron chi connectivity index (χ0n) is 18.2. The SMILES string of the molecule is O=C(/C=C/c1ccc2c(c1)CCC2NC(Cc1c[nH]c2ccccc12)C(=O)NCCO)NO. The zero-order valence-corrected chi connectivity index (χ0v) is 18.2. The molecule has 0 fully saturated rings. The molecule has 172 valence electrons. The number of hydrogen-bond acceptors (Lipinski definition) is 5. The molecule has 4 rings (SSSR count). The van der Waals surface area contributed by atoms with Gasteiger partial charge in [-0.2, -0.15) is 0 Å². The van der Waals surface area contributed by atoms with Gasteiger partial charge < -0.3 is 15.4 Å². The summed E-state index contributed by atoms with van der Waals surface area (Å²) >= 11 is 0. The third-order valence-electron chi connectivity index (χ3n) is 6.01. The largest absolute Gasteiger partial charge is 0.395 e. The molecule has 33 heavy (non-hydrogen) atoms. The molecular weight excluding hydrogens is 420 g/mol. The van der Waals surface area contributed by atoms with Crippen LogP contribution in [-0.4, -0.2) is 46.3 Å². The van der Waals surface area contributed by atoms with E-state index in [1.54, 1.807) is 11.6 Å². The molecule has 0 aliphatic heterocycles. The normalized spacial score (nSPS) is 16.1. The summed E-state index contributed by atoms with van der Waals surface area (Å²) in [6.07, 6.45) is 7.10. The summed E-state index contributed by atoms with van der Waals surface area (Å²) in [7, 11) is 0. The first-order valence-electron chi connectivity index (χ1n) is 11.0. The molecule has 8 nitrogen and oxygen atoms in total. The number of aliphatic hydroxyl groups is 1. The van der Waals surface area contributed by atoms with E-state index in [0.29, 0.717) is 6.42 Å². The smallest absolute Gasteiger partial charge is 0.267 e. The van der Waals surface area contributed by atoms with Crippen molar-refractivity contribution in [1.29, 1.82) is 0 Å². The third-order valence-corrected chi connectivity index (χ3v) is 6.01. The molecule has 2 amide bonds. The number of amides is 2. The minimum atomic E-state index is -0.580. The second-order valence-electron chi connectivity index (χ2n) is 8.16. The predicted octanol–water partition coefficient (Wildman–Crippen LogP) is 1.98. The standard InChI is InChI=1S/C25H28N4O4/c30-12-11-26-25(32)23(14-18-15-27-21-4-2-1-3-19(18)21)28-22-9-7-17-13-16(5-8-20(17)22)6-10-24(31)29-33/h1-6,8,10,13,15,22-23,27-28,30,33H,7,9,11-12,14H2,(H,26,32)(H,29,31)/b10-6+. The monoisotopic (exact) mass is 448 g/mol. The van der Waals surface area contributed by atoms with Crippen LogP contribution in [0.25, 0.3) is 17.0 Å². The van der Waals surface area contributed by atoms with Crippen LogP contribution in [0.4, 0.5) is 0 Å². The Kier molecular flexibility index (Phi) is 7.19. The van der Waals surface area contributed by atoms with Gasteiger partial charge in [0, 0.05) is 35.8 Å². The number of aryl methyl sites for hydroxylation is 1. The van der Waals surface area contributed by atoms with E-state index in [-0.39, 0.29) is 25.1 Å². The average molecular weight is 449 g/mol. The average Bonchev–Trinajstić information content (AvgIpc) is 3.44. The van der Waals surface area contributed by atoms with Gasteiger partial charge in [-0.3, -0.25) is 20.1 Å². The summed E-state index contributed by atoms with van der Waals surface area (Å²) in [6, 6.07) is 13.5. The van der Waals surface area contributed by atoms with E-state index in [1.165, 1.54) is 11.6 Å². The number of nitrogens with one attached hydrogen (secondary N) is 4. The molecule has 1 aliphatic rings. The molecule has 3 aromatic rings. The molecule has 8 heteroatoms. The summed E-state index contributed by atoms with van der Waals surface area (Å²) in [6.45, 7) is 0.103. The molecule has 1 heterocycles. The van der Waals surface area contributed by atoms with Crippen molar-refractivity contribution in [3.63, 3.8) is 0 Å². The quantitative estimate of drug-likeness (QED) is 0.170. The van der Waals surface area contributed by atoms with E-state index in [9.17, 15) is 9.59 Å². The molecule has 0 saturated carbocycles. The van der Waals surface area contributed by atoms with Gasteiger partial charge in [-0.05, 0) is 53.7 Å². The molecule has 0 saturated heterocycles. The van der Waals surface area contributed by atoms with E-state index in [0.717, 1.165) is 40.4 Å². The number of aromatic nitrogens is 1. The molecule has 0 bridgehead atoms. The van der Waals surface area contributed by atoms with Crippen molar-refractivity contribution in [2.75, 3.05) is 13.2 Å². The van der Waals surface area contributed by atoms with Crippen LogP contribution in [-0.2, 0) is 22.4 Å².